The third kappa shape index (κ3) is 1.71. The second-order valence-corrected chi connectivity index (χ2v) is 5.74. The maximum absolute atomic E-state index is 11.6. The highest BCUT2D eigenvalue weighted by Gasteiger charge is 2.36. The smallest absolute Gasteiger partial charge is 0.215 e. The highest BCUT2D eigenvalue weighted by atomic mass is 32.2. The molecule has 2 fully saturated rings. The van der Waals surface area contributed by atoms with Crippen LogP contribution in [0.5, 0.6) is 0 Å². The Morgan fingerprint density at radius 3 is 3.00 bits per heavy atom. The highest BCUT2D eigenvalue weighted by molar-refractivity contribution is 7.89. The predicted octanol–water partition coefficient (Wildman–Crippen LogP) is -1.33. The number of piperazine rings is 1. The van der Waals surface area contributed by atoms with Gasteiger partial charge in [-0.05, 0) is 12.8 Å². The standard InChI is InChI=1S/C7H15N3O2S/c8-7-4-9-6-2-1-3-13(11,12)10(7)5-6/h6-7,9H,1-5,8H2. The summed E-state index contributed by atoms with van der Waals surface area (Å²) < 4.78 is 24.7. The third-order valence-corrected chi connectivity index (χ3v) is 4.64. The average Bonchev–Trinajstić information content (AvgIpc) is 2.18. The van der Waals surface area contributed by atoms with E-state index in [1.807, 2.05) is 0 Å². The van der Waals surface area contributed by atoms with Gasteiger partial charge in [-0.1, -0.05) is 0 Å². The van der Waals surface area contributed by atoms with Crippen LogP contribution in [0.25, 0.3) is 0 Å². The Labute approximate surface area is 78.3 Å². The zero-order chi connectivity index (χ0) is 9.47. The molecule has 2 heterocycles. The fourth-order valence-corrected chi connectivity index (χ4v) is 3.61. The van der Waals surface area contributed by atoms with Crippen LogP contribution in [0, 0.1) is 0 Å². The van der Waals surface area contributed by atoms with Gasteiger partial charge in [0.2, 0.25) is 10.0 Å². The summed E-state index contributed by atoms with van der Waals surface area (Å²) >= 11 is 0. The fourth-order valence-electron chi connectivity index (χ4n) is 1.95. The van der Waals surface area contributed by atoms with Gasteiger partial charge in [0.05, 0.1) is 11.9 Å². The van der Waals surface area contributed by atoms with E-state index in [0.717, 1.165) is 12.8 Å². The molecule has 0 amide bonds. The molecule has 0 spiro atoms. The van der Waals surface area contributed by atoms with Gasteiger partial charge in [0.25, 0.3) is 0 Å². The summed E-state index contributed by atoms with van der Waals surface area (Å²) in [6.45, 7) is 1.12. The van der Waals surface area contributed by atoms with Crippen LogP contribution in [-0.2, 0) is 10.0 Å². The lowest BCUT2D eigenvalue weighted by Gasteiger charge is -2.35. The van der Waals surface area contributed by atoms with Crippen molar-refractivity contribution in [2.24, 2.45) is 5.73 Å². The Hall–Kier alpha value is -0.170. The maximum Gasteiger partial charge on any atom is 0.215 e. The van der Waals surface area contributed by atoms with Crippen LogP contribution in [0.4, 0.5) is 0 Å². The largest absolute Gasteiger partial charge is 0.314 e. The molecule has 76 valence electrons. The summed E-state index contributed by atoms with van der Waals surface area (Å²) in [5.41, 5.74) is 5.71. The second kappa shape index (κ2) is 3.20. The zero-order valence-corrected chi connectivity index (χ0v) is 8.26. The molecule has 13 heavy (non-hydrogen) atoms. The molecule has 0 radical (unpaired) electrons. The first kappa shape index (κ1) is 9.39. The number of fused-ring (bicyclic) bond motifs is 2. The quantitative estimate of drug-likeness (QED) is 0.514. The van der Waals surface area contributed by atoms with Crippen LogP contribution in [0.1, 0.15) is 12.8 Å². The number of rotatable bonds is 0. The molecular formula is C7H15N3O2S. The molecule has 3 unspecified atom stereocenters. The van der Waals surface area contributed by atoms with Crippen LogP contribution >= 0.6 is 0 Å². The van der Waals surface area contributed by atoms with Gasteiger partial charge in [0.1, 0.15) is 0 Å². The molecule has 5 nitrogen and oxygen atoms in total. The Balaban J connectivity index is 2.27. The lowest BCUT2D eigenvalue weighted by Crippen LogP contribution is -2.60. The fraction of sp³-hybridized carbons (Fsp3) is 1.00. The van der Waals surface area contributed by atoms with E-state index in [1.165, 1.54) is 4.31 Å². The Morgan fingerprint density at radius 2 is 2.23 bits per heavy atom. The summed E-state index contributed by atoms with van der Waals surface area (Å²) in [6, 6.07) is 0.303. The Morgan fingerprint density at radius 1 is 1.46 bits per heavy atom. The van der Waals surface area contributed by atoms with Gasteiger partial charge in [-0.3, -0.25) is 0 Å². The summed E-state index contributed by atoms with van der Waals surface area (Å²) in [5, 5.41) is 3.25. The number of nitrogens with one attached hydrogen (secondary N) is 1. The first-order chi connectivity index (χ1) is 6.09. The molecule has 2 rings (SSSR count). The predicted molar refractivity (Wildman–Crippen MR) is 49.5 cm³/mol. The second-order valence-electron chi connectivity index (χ2n) is 3.70. The average molecular weight is 205 g/mol. The van der Waals surface area contributed by atoms with Crippen molar-refractivity contribution in [3.63, 3.8) is 0 Å². The highest BCUT2D eigenvalue weighted by Crippen LogP contribution is 2.18. The molecule has 2 bridgehead atoms. The topological polar surface area (TPSA) is 75.4 Å². The van der Waals surface area contributed by atoms with Crippen molar-refractivity contribution in [3.8, 4) is 0 Å². The number of hydrogen-bond acceptors (Lipinski definition) is 4. The van der Waals surface area contributed by atoms with E-state index in [2.05, 4.69) is 5.32 Å². The summed E-state index contributed by atoms with van der Waals surface area (Å²) in [7, 11) is -3.07. The van der Waals surface area contributed by atoms with Gasteiger partial charge in [0, 0.05) is 19.1 Å². The van der Waals surface area contributed by atoms with Crippen molar-refractivity contribution in [1.82, 2.24) is 9.62 Å². The van der Waals surface area contributed by atoms with Crippen molar-refractivity contribution < 1.29 is 8.42 Å². The lowest BCUT2D eigenvalue weighted by molar-refractivity contribution is 0.229. The van der Waals surface area contributed by atoms with Crippen LogP contribution in [0.2, 0.25) is 0 Å². The van der Waals surface area contributed by atoms with Gasteiger partial charge >= 0.3 is 0 Å². The molecule has 0 aromatic carbocycles. The van der Waals surface area contributed by atoms with E-state index in [9.17, 15) is 8.42 Å². The monoisotopic (exact) mass is 205 g/mol. The molecular weight excluding hydrogens is 190 g/mol. The molecule has 2 aliphatic rings. The van der Waals surface area contributed by atoms with Gasteiger partial charge in [-0.15, -0.1) is 0 Å². The Bertz CT molecular complexity index is 290. The van der Waals surface area contributed by atoms with Crippen molar-refractivity contribution in [3.05, 3.63) is 0 Å². The SMILES string of the molecule is NC1CNC2CCCS(=O)(=O)N1C2. The van der Waals surface area contributed by atoms with Gasteiger partial charge in [-0.2, -0.15) is 4.31 Å². The Kier molecular flexibility index (Phi) is 2.31. The minimum atomic E-state index is -3.07. The van der Waals surface area contributed by atoms with Gasteiger partial charge in [-0.25, -0.2) is 8.42 Å². The van der Waals surface area contributed by atoms with Crippen molar-refractivity contribution >= 4 is 10.0 Å². The van der Waals surface area contributed by atoms with E-state index in [-0.39, 0.29) is 11.9 Å². The minimum absolute atomic E-state index is 0.249. The van der Waals surface area contributed by atoms with E-state index < -0.39 is 10.0 Å². The lowest BCUT2D eigenvalue weighted by atomic mass is 10.1. The maximum atomic E-state index is 11.6. The molecule has 3 N–H and O–H groups in total. The number of nitrogens with zero attached hydrogens (tertiary/aromatic N) is 1. The van der Waals surface area contributed by atoms with Crippen molar-refractivity contribution in [1.29, 1.82) is 0 Å². The summed E-state index contributed by atoms with van der Waals surface area (Å²) in [5.74, 6) is 0.249. The van der Waals surface area contributed by atoms with Gasteiger partial charge < -0.3 is 11.1 Å². The van der Waals surface area contributed by atoms with Crippen LogP contribution in [0.15, 0.2) is 0 Å². The first-order valence-electron chi connectivity index (χ1n) is 4.58. The van der Waals surface area contributed by atoms with E-state index >= 15 is 0 Å². The molecule has 0 saturated carbocycles. The molecule has 0 aromatic rings. The number of nitrogens with two attached hydrogens (primary N) is 1. The molecule has 0 aliphatic carbocycles. The normalized spacial score (nSPS) is 43.9. The number of hydrogen-bond donors (Lipinski definition) is 2. The van der Waals surface area contributed by atoms with Gasteiger partial charge in [0.15, 0.2) is 0 Å². The van der Waals surface area contributed by atoms with Crippen LogP contribution in [0.3, 0.4) is 0 Å². The summed E-state index contributed by atoms with van der Waals surface area (Å²) in [4.78, 5) is 0. The molecule has 3 atom stereocenters. The molecule has 2 saturated heterocycles. The third-order valence-electron chi connectivity index (χ3n) is 2.70. The molecule has 0 aromatic heterocycles. The van der Waals surface area contributed by atoms with Crippen LogP contribution < -0.4 is 11.1 Å². The summed E-state index contributed by atoms with van der Waals surface area (Å²) in [6.07, 6.45) is 1.30. The van der Waals surface area contributed by atoms with E-state index in [4.69, 9.17) is 5.73 Å². The number of sulfonamides is 1. The minimum Gasteiger partial charge on any atom is -0.314 e. The first-order valence-corrected chi connectivity index (χ1v) is 6.19. The van der Waals surface area contributed by atoms with E-state index in [1.54, 1.807) is 0 Å². The van der Waals surface area contributed by atoms with Crippen LogP contribution in [-0.4, -0.2) is 43.8 Å². The van der Waals surface area contributed by atoms with Crippen molar-refractivity contribution in [2.45, 2.75) is 25.0 Å². The zero-order valence-electron chi connectivity index (χ0n) is 7.44. The van der Waals surface area contributed by atoms with E-state index in [0.29, 0.717) is 19.1 Å². The molecule has 6 heteroatoms. The molecule has 2 aliphatic heterocycles. The van der Waals surface area contributed by atoms with Crippen molar-refractivity contribution in [2.75, 3.05) is 18.8 Å².